The second-order valence-corrected chi connectivity index (χ2v) is 4.99. The highest BCUT2D eigenvalue weighted by Crippen LogP contribution is 2.10. The van der Waals surface area contributed by atoms with Gasteiger partial charge < -0.3 is 15.5 Å². The summed E-state index contributed by atoms with van der Waals surface area (Å²) in [5.74, 6) is -0.0954. The first kappa shape index (κ1) is 11.8. The minimum absolute atomic E-state index is 0.0723. The lowest BCUT2D eigenvalue weighted by atomic mass is 9.97. The van der Waals surface area contributed by atoms with Crippen LogP contribution in [0.4, 0.5) is 4.79 Å². The van der Waals surface area contributed by atoms with Gasteiger partial charge in [-0.05, 0) is 5.41 Å². The quantitative estimate of drug-likeness (QED) is 0.702. The Labute approximate surface area is 90.2 Å². The van der Waals surface area contributed by atoms with Gasteiger partial charge in [0.2, 0.25) is 5.91 Å². The minimum Gasteiger partial charge on any atom is -0.354 e. The van der Waals surface area contributed by atoms with Gasteiger partial charge in [0, 0.05) is 19.6 Å². The number of urea groups is 1. The molecule has 2 N–H and O–H groups in total. The fourth-order valence-corrected chi connectivity index (χ4v) is 1.26. The zero-order valence-corrected chi connectivity index (χ0v) is 9.59. The van der Waals surface area contributed by atoms with Crippen LogP contribution in [0.2, 0.25) is 0 Å². The van der Waals surface area contributed by atoms with Crippen molar-refractivity contribution in [3.63, 3.8) is 0 Å². The molecule has 1 fully saturated rings. The minimum atomic E-state index is -0.152. The van der Waals surface area contributed by atoms with Crippen LogP contribution in [0.3, 0.4) is 0 Å². The van der Waals surface area contributed by atoms with Gasteiger partial charge in [0.15, 0.2) is 0 Å². The first-order valence-corrected chi connectivity index (χ1v) is 5.18. The van der Waals surface area contributed by atoms with Crippen molar-refractivity contribution in [2.45, 2.75) is 20.8 Å². The zero-order valence-electron chi connectivity index (χ0n) is 9.59. The van der Waals surface area contributed by atoms with Crippen molar-refractivity contribution in [3.8, 4) is 0 Å². The van der Waals surface area contributed by atoms with Gasteiger partial charge in [-0.15, -0.1) is 0 Å². The molecule has 0 aromatic heterocycles. The zero-order chi connectivity index (χ0) is 11.5. The fourth-order valence-electron chi connectivity index (χ4n) is 1.26. The number of carbonyl (C=O) groups excluding carboxylic acids is 2. The number of hydrogen-bond acceptors (Lipinski definition) is 2. The Balaban J connectivity index is 2.27. The van der Waals surface area contributed by atoms with Gasteiger partial charge in [0.05, 0.1) is 0 Å². The van der Waals surface area contributed by atoms with Crippen LogP contribution < -0.4 is 10.6 Å². The molecule has 1 heterocycles. The van der Waals surface area contributed by atoms with E-state index in [1.807, 2.05) is 0 Å². The Bertz CT molecular complexity index is 258. The van der Waals surface area contributed by atoms with Gasteiger partial charge in [-0.25, -0.2) is 4.79 Å². The number of nitrogens with zero attached hydrogens (tertiary/aromatic N) is 1. The molecule has 1 aliphatic heterocycles. The predicted octanol–water partition coefficient (Wildman–Crippen LogP) is 0.174. The Morgan fingerprint density at radius 3 is 2.67 bits per heavy atom. The maximum Gasteiger partial charge on any atom is 0.317 e. The second-order valence-electron chi connectivity index (χ2n) is 4.99. The molecule has 1 saturated heterocycles. The Hall–Kier alpha value is -1.26. The summed E-state index contributed by atoms with van der Waals surface area (Å²) in [6.45, 7) is 8.18. The average molecular weight is 213 g/mol. The molecule has 0 unspecified atom stereocenters. The lowest BCUT2D eigenvalue weighted by molar-refractivity contribution is -0.121. The lowest BCUT2D eigenvalue weighted by Gasteiger charge is -2.20. The van der Waals surface area contributed by atoms with E-state index in [0.717, 1.165) is 0 Å². The first-order chi connectivity index (χ1) is 6.88. The SMILES string of the molecule is CC(C)(C)CNC(=O)CN1CCNC1=O. The highest BCUT2D eigenvalue weighted by molar-refractivity contribution is 5.84. The Morgan fingerprint density at radius 1 is 1.53 bits per heavy atom. The Morgan fingerprint density at radius 2 is 2.20 bits per heavy atom. The topological polar surface area (TPSA) is 61.4 Å². The van der Waals surface area contributed by atoms with Crippen molar-refractivity contribution in [1.29, 1.82) is 0 Å². The van der Waals surface area contributed by atoms with E-state index in [1.165, 1.54) is 4.90 Å². The second kappa shape index (κ2) is 4.51. The van der Waals surface area contributed by atoms with E-state index >= 15 is 0 Å². The van der Waals surface area contributed by atoms with Crippen LogP contribution >= 0.6 is 0 Å². The van der Waals surface area contributed by atoms with Gasteiger partial charge in [0.25, 0.3) is 0 Å². The molecule has 86 valence electrons. The van der Waals surface area contributed by atoms with Crippen molar-refractivity contribution in [2.75, 3.05) is 26.2 Å². The molecule has 0 bridgehead atoms. The summed E-state index contributed by atoms with van der Waals surface area (Å²) >= 11 is 0. The van der Waals surface area contributed by atoms with Gasteiger partial charge in [-0.1, -0.05) is 20.8 Å². The van der Waals surface area contributed by atoms with Crippen LogP contribution in [-0.2, 0) is 4.79 Å². The summed E-state index contributed by atoms with van der Waals surface area (Å²) < 4.78 is 0. The summed E-state index contributed by atoms with van der Waals surface area (Å²) in [4.78, 5) is 24.1. The standard InChI is InChI=1S/C10H19N3O2/c1-10(2,3)7-12-8(14)6-13-5-4-11-9(13)15/h4-7H2,1-3H3,(H,11,15)(H,12,14). The van der Waals surface area contributed by atoms with Crippen LogP contribution in [0.15, 0.2) is 0 Å². The highest BCUT2D eigenvalue weighted by atomic mass is 16.2. The predicted molar refractivity (Wildman–Crippen MR) is 57.4 cm³/mol. The normalized spacial score (nSPS) is 16.5. The molecular formula is C10H19N3O2. The smallest absolute Gasteiger partial charge is 0.317 e. The lowest BCUT2D eigenvalue weighted by Crippen LogP contribution is -2.41. The number of amides is 3. The summed E-state index contributed by atoms with van der Waals surface area (Å²) in [6, 6.07) is -0.152. The Kier molecular flexibility index (Phi) is 3.55. The third-order valence-electron chi connectivity index (χ3n) is 2.10. The molecular weight excluding hydrogens is 194 g/mol. The van der Waals surface area contributed by atoms with Gasteiger partial charge in [-0.3, -0.25) is 4.79 Å². The first-order valence-electron chi connectivity index (χ1n) is 5.18. The monoisotopic (exact) mass is 213 g/mol. The molecule has 0 saturated carbocycles. The molecule has 5 heteroatoms. The number of rotatable bonds is 3. The van der Waals surface area contributed by atoms with Crippen molar-refractivity contribution >= 4 is 11.9 Å². The molecule has 0 atom stereocenters. The van der Waals surface area contributed by atoms with E-state index in [9.17, 15) is 9.59 Å². The molecule has 0 radical (unpaired) electrons. The number of carbonyl (C=O) groups is 2. The van der Waals surface area contributed by atoms with Crippen LogP contribution in [-0.4, -0.2) is 43.0 Å². The van der Waals surface area contributed by atoms with Crippen molar-refractivity contribution in [3.05, 3.63) is 0 Å². The van der Waals surface area contributed by atoms with Gasteiger partial charge in [0.1, 0.15) is 6.54 Å². The average Bonchev–Trinajstić information content (AvgIpc) is 2.47. The molecule has 1 rings (SSSR count). The van der Waals surface area contributed by atoms with E-state index < -0.39 is 0 Å². The van der Waals surface area contributed by atoms with E-state index in [1.54, 1.807) is 0 Å². The third-order valence-corrected chi connectivity index (χ3v) is 2.10. The van der Waals surface area contributed by atoms with Gasteiger partial charge >= 0.3 is 6.03 Å². The molecule has 15 heavy (non-hydrogen) atoms. The molecule has 0 spiro atoms. The van der Waals surface area contributed by atoms with Crippen LogP contribution in [0.25, 0.3) is 0 Å². The van der Waals surface area contributed by atoms with E-state index in [-0.39, 0.29) is 23.9 Å². The highest BCUT2D eigenvalue weighted by Gasteiger charge is 2.22. The summed E-state index contributed by atoms with van der Waals surface area (Å²) in [5, 5.41) is 5.46. The van der Waals surface area contributed by atoms with Crippen molar-refractivity contribution in [2.24, 2.45) is 5.41 Å². The molecule has 0 aromatic rings. The summed E-state index contributed by atoms with van der Waals surface area (Å²) in [6.07, 6.45) is 0. The van der Waals surface area contributed by atoms with Crippen LogP contribution in [0.5, 0.6) is 0 Å². The third kappa shape index (κ3) is 4.18. The van der Waals surface area contributed by atoms with Crippen LogP contribution in [0, 0.1) is 5.41 Å². The van der Waals surface area contributed by atoms with E-state index in [0.29, 0.717) is 19.6 Å². The maximum absolute atomic E-state index is 11.5. The van der Waals surface area contributed by atoms with Crippen molar-refractivity contribution in [1.82, 2.24) is 15.5 Å². The largest absolute Gasteiger partial charge is 0.354 e. The van der Waals surface area contributed by atoms with Gasteiger partial charge in [-0.2, -0.15) is 0 Å². The number of hydrogen-bond donors (Lipinski definition) is 2. The summed E-state index contributed by atoms with van der Waals surface area (Å²) in [5.41, 5.74) is 0.0723. The maximum atomic E-state index is 11.5. The number of nitrogens with one attached hydrogen (secondary N) is 2. The fraction of sp³-hybridized carbons (Fsp3) is 0.800. The molecule has 3 amide bonds. The van der Waals surface area contributed by atoms with E-state index in [4.69, 9.17) is 0 Å². The van der Waals surface area contributed by atoms with Crippen LogP contribution in [0.1, 0.15) is 20.8 Å². The van der Waals surface area contributed by atoms with Crippen molar-refractivity contribution < 1.29 is 9.59 Å². The molecule has 5 nitrogen and oxygen atoms in total. The molecule has 0 aliphatic carbocycles. The molecule has 1 aliphatic rings. The molecule has 0 aromatic carbocycles. The van der Waals surface area contributed by atoms with E-state index in [2.05, 4.69) is 31.4 Å². The summed E-state index contributed by atoms with van der Waals surface area (Å²) in [7, 11) is 0.